The zero-order chi connectivity index (χ0) is 16.5. The third-order valence-electron chi connectivity index (χ3n) is 3.16. The molecule has 22 heavy (non-hydrogen) atoms. The number of nitrogens with one attached hydrogen (secondary N) is 2. The molecule has 0 amide bonds. The van der Waals surface area contributed by atoms with E-state index in [4.69, 9.17) is 0 Å². The Bertz CT molecular complexity index is 935. The smallest absolute Gasteiger partial charge is 0.332 e. The molecule has 2 rings (SSSR count). The van der Waals surface area contributed by atoms with Crippen LogP contribution in [-0.4, -0.2) is 39.8 Å². The highest BCUT2D eigenvalue weighted by Gasteiger charge is 2.14. The van der Waals surface area contributed by atoms with Crippen molar-refractivity contribution in [3.63, 3.8) is 0 Å². The van der Waals surface area contributed by atoms with Gasteiger partial charge in [0.2, 0.25) is 10.0 Å². The van der Waals surface area contributed by atoms with E-state index in [9.17, 15) is 18.0 Å². The maximum atomic E-state index is 12.0. The van der Waals surface area contributed by atoms with Gasteiger partial charge in [-0.25, -0.2) is 22.9 Å². The Morgan fingerprint density at radius 2 is 2.00 bits per heavy atom. The van der Waals surface area contributed by atoms with E-state index in [2.05, 4.69) is 21.3 Å². The quantitative estimate of drug-likeness (QED) is 0.633. The molecule has 2 N–H and O–H groups in total. The predicted octanol–water partition coefficient (Wildman–Crippen LogP) is -1.39. The van der Waals surface area contributed by atoms with Crippen LogP contribution in [0.1, 0.15) is 5.82 Å². The summed E-state index contributed by atoms with van der Waals surface area (Å²) >= 11 is 0. The third kappa shape index (κ3) is 3.02. The summed E-state index contributed by atoms with van der Waals surface area (Å²) in [5.41, 5.74) is -0.475. The monoisotopic (exact) mass is 327 g/mol. The summed E-state index contributed by atoms with van der Waals surface area (Å²) in [7, 11) is -0.494. The fourth-order valence-electron chi connectivity index (χ4n) is 2.03. The summed E-state index contributed by atoms with van der Waals surface area (Å²) in [6.45, 7) is 3.50. The third-order valence-corrected chi connectivity index (χ3v) is 4.48. The minimum Gasteiger partial charge on any atom is -0.336 e. The average molecular weight is 327 g/mol. The van der Waals surface area contributed by atoms with Crippen LogP contribution >= 0.6 is 0 Å². The minimum atomic E-state index is -3.39. The van der Waals surface area contributed by atoms with Gasteiger partial charge < -0.3 is 4.98 Å². The van der Waals surface area contributed by atoms with E-state index in [1.165, 1.54) is 24.7 Å². The molecule has 0 atom stereocenters. The summed E-state index contributed by atoms with van der Waals surface area (Å²) in [5.74, 6) is 0.261. The molecule has 0 aliphatic heterocycles. The van der Waals surface area contributed by atoms with Crippen LogP contribution in [0.15, 0.2) is 22.2 Å². The highest BCUT2D eigenvalue weighted by Crippen LogP contribution is 2.04. The number of sulfonamides is 1. The Labute approximate surface area is 126 Å². The van der Waals surface area contributed by atoms with Crippen molar-refractivity contribution >= 4 is 21.2 Å². The molecule has 120 valence electrons. The Kier molecular flexibility index (Phi) is 4.33. The van der Waals surface area contributed by atoms with Gasteiger partial charge in [-0.2, -0.15) is 0 Å². The lowest BCUT2D eigenvalue weighted by Gasteiger charge is -2.02. The van der Waals surface area contributed by atoms with Gasteiger partial charge in [0.15, 0.2) is 5.65 Å². The fraction of sp³-hybridized carbons (Fsp3) is 0.417. The van der Waals surface area contributed by atoms with Crippen molar-refractivity contribution in [2.45, 2.75) is 6.42 Å². The van der Waals surface area contributed by atoms with Crippen molar-refractivity contribution in [1.82, 2.24) is 23.8 Å². The van der Waals surface area contributed by atoms with Gasteiger partial charge in [-0.15, -0.1) is 6.58 Å². The molecule has 0 spiro atoms. The summed E-state index contributed by atoms with van der Waals surface area (Å²) in [6, 6.07) is 0. The van der Waals surface area contributed by atoms with Crippen molar-refractivity contribution in [3.05, 3.63) is 39.3 Å². The summed E-state index contributed by atoms with van der Waals surface area (Å²) in [4.78, 5) is 30.8. The number of hydrogen-bond donors (Lipinski definition) is 2. The highest BCUT2D eigenvalue weighted by molar-refractivity contribution is 7.89. The van der Waals surface area contributed by atoms with Crippen LogP contribution in [0.2, 0.25) is 0 Å². The maximum Gasteiger partial charge on any atom is 0.332 e. The van der Waals surface area contributed by atoms with Gasteiger partial charge in [0.05, 0.1) is 5.75 Å². The Morgan fingerprint density at radius 3 is 2.64 bits per heavy atom. The molecule has 0 unspecified atom stereocenters. The van der Waals surface area contributed by atoms with E-state index in [0.717, 1.165) is 4.57 Å². The van der Waals surface area contributed by atoms with Crippen LogP contribution in [0.5, 0.6) is 0 Å². The van der Waals surface area contributed by atoms with Gasteiger partial charge in [-0.3, -0.25) is 13.9 Å². The lowest BCUT2D eigenvalue weighted by molar-refractivity contribution is 0.584. The SMILES string of the molecule is C=CCS(=O)(=O)NCCc1nc2c([nH]1)c(=O)n(C)c(=O)n2C. The molecule has 0 aromatic carbocycles. The fourth-order valence-corrected chi connectivity index (χ4v) is 2.87. The van der Waals surface area contributed by atoms with Crippen LogP contribution in [0.4, 0.5) is 0 Å². The number of aromatic amines is 1. The van der Waals surface area contributed by atoms with Gasteiger partial charge in [-0.05, 0) is 0 Å². The number of H-pyrrole nitrogens is 1. The number of nitrogens with zero attached hydrogens (tertiary/aromatic N) is 3. The molecule has 0 radical (unpaired) electrons. The molecule has 2 aromatic heterocycles. The summed E-state index contributed by atoms with van der Waals surface area (Å²) < 4.78 is 27.6. The number of imidazole rings is 1. The van der Waals surface area contributed by atoms with E-state index < -0.39 is 21.3 Å². The van der Waals surface area contributed by atoms with Crippen LogP contribution in [-0.2, 0) is 30.5 Å². The second-order valence-corrected chi connectivity index (χ2v) is 6.65. The Balaban J connectivity index is 2.26. The molecule has 9 nitrogen and oxygen atoms in total. The zero-order valence-electron chi connectivity index (χ0n) is 12.3. The van der Waals surface area contributed by atoms with Crippen molar-refractivity contribution in [2.24, 2.45) is 14.1 Å². The molecular formula is C12H17N5O4S. The summed E-state index contributed by atoms with van der Waals surface area (Å²) in [6.07, 6.45) is 1.56. The molecule has 0 saturated carbocycles. The van der Waals surface area contributed by atoms with Crippen LogP contribution in [0.25, 0.3) is 11.2 Å². The Hall–Kier alpha value is -2.20. The van der Waals surface area contributed by atoms with E-state index in [0.29, 0.717) is 5.82 Å². The van der Waals surface area contributed by atoms with E-state index in [1.807, 2.05) is 0 Å². The molecule has 0 aliphatic carbocycles. The van der Waals surface area contributed by atoms with Crippen LogP contribution in [0.3, 0.4) is 0 Å². The zero-order valence-corrected chi connectivity index (χ0v) is 13.1. The Morgan fingerprint density at radius 1 is 1.32 bits per heavy atom. The molecule has 2 aromatic rings. The molecule has 2 heterocycles. The number of rotatable bonds is 6. The van der Waals surface area contributed by atoms with E-state index in [1.54, 1.807) is 0 Å². The summed E-state index contributed by atoms with van der Waals surface area (Å²) in [5, 5.41) is 0. The lowest BCUT2D eigenvalue weighted by Crippen LogP contribution is -2.36. The highest BCUT2D eigenvalue weighted by atomic mass is 32.2. The first-order valence-electron chi connectivity index (χ1n) is 6.49. The normalized spacial score (nSPS) is 11.9. The lowest BCUT2D eigenvalue weighted by atomic mass is 10.4. The molecule has 0 bridgehead atoms. The van der Waals surface area contributed by atoms with Crippen molar-refractivity contribution in [2.75, 3.05) is 12.3 Å². The van der Waals surface area contributed by atoms with E-state index >= 15 is 0 Å². The second-order valence-electron chi connectivity index (χ2n) is 4.80. The largest absolute Gasteiger partial charge is 0.336 e. The first-order valence-corrected chi connectivity index (χ1v) is 8.15. The van der Waals surface area contributed by atoms with Crippen molar-refractivity contribution in [3.8, 4) is 0 Å². The number of hydrogen-bond acceptors (Lipinski definition) is 5. The average Bonchev–Trinajstić information content (AvgIpc) is 2.87. The van der Waals surface area contributed by atoms with Crippen LogP contribution in [0, 0.1) is 0 Å². The van der Waals surface area contributed by atoms with Gasteiger partial charge in [0, 0.05) is 27.1 Å². The maximum absolute atomic E-state index is 12.0. The standard InChI is InChI=1S/C12H17N5O4S/c1-4-7-22(20,21)13-6-5-8-14-9-10(15-8)16(2)12(19)17(3)11(9)18/h4,13H,1,5-7H2,2-3H3,(H,14,15). The predicted molar refractivity (Wildman–Crippen MR) is 82.3 cm³/mol. The number of aryl methyl sites for hydroxylation is 1. The first-order chi connectivity index (χ1) is 10.3. The molecule has 0 fully saturated rings. The minimum absolute atomic E-state index is 0.129. The van der Waals surface area contributed by atoms with Crippen LogP contribution < -0.4 is 16.0 Å². The van der Waals surface area contributed by atoms with E-state index in [-0.39, 0.29) is 29.9 Å². The molecular weight excluding hydrogens is 310 g/mol. The topological polar surface area (TPSA) is 119 Å². The first kappa shape index (κ1) is 16.2. The van der Waals surface area contributed by atoms with Gasteiger partial charge >= 0.3 is 5.69 Å². The van der Waals surface area contributed by atoms with Gasteiger partial charge in [0.25, 0.3) is 5.56 Å². The van der Waals surface area contributed by atoms with Gasteiger partial charge in [-0.1, -0.05) is 6.08 Å². The molecule has 0 aliphatic rings. The van der Waals surface area contributed by atoms with Crippen molar-refractivity contribution in [1.29, 1.82) is 0 Å². The number of aromatic nitrogens is 4. The number of fused-ring (bicyclic) bond motifs is 1. The van der Waals surface area contributed by atoms with Gasteiger partial charge in [0.1, 0.15) is 11.3 Å². The second kappa shape index (κ2) is 5.89. The molecule has 0 saturated heterocycles. The molecule has 10 heteroatoms. The van der Waals surface area contributed by atoms with Crippen molar-refractivity contribution < 1.29 is 8.42 Å².